The van der Waals surface area contributed by atoms with Crippen LogP contribution < -0.4 is 10.6 Å². The number of unbranched alkanes of at least 4 members (excludes halogenated alkanes) is 1. The number of nitrogens with one attached hydrogen (secondary N) is 2. The quantitative estimate of drug-likeness (QED) is 0.503. The van der Waals surface area contributed by atoms with E-state index in [1.807, 2.05) is 0 Å². The van der Waals surface area contributed by atoms with Crippen LogP contribution in [0.5, 0.6) is 0 Å². The van der Waals surface area contributed by atoms with Gasteiger partial charge < -0.3 is 10.6 Å². The SMILES string of the molecule is CCCCNCC(=O)NCCC1=CCCCC1. The van der Waals surface area contributed by atoms with E-state index in [0.29, 0.717) is 6.54 Å². The fourth-order valence-electron chi connectivity index (χ4n) is 2.06. The van der Waals surface area contributed by atoms with Gasteiger partial charge in [0, 0.05) is 6.54 Å². The Morgan fingerprint density at radius 3 is 2.94 bits per heavy atom. The Balaban J connectivity index is 1.98. The van der Waals surface area contributed by atoms with Gasteiger partial charge in [0.25, 0.3) is 0 Å². The van der Waals surface area contributed by atoms with Gasteiger partial charge in [-0.25, -0.2) is 0 Å². The van der Waals surface area contributed by atoms with Gasteiger partial charge in [0.1, 0.15) is 0 Å². The third-order valence-corrected chi connectivity index (χ3v) is 3.15. The first-order valence-electron chi connectivity index (χ1n) is 6.98. The molecule has 0 bridgehead atoms. The molecule has 0 saturated heterocycles. The standard InChI is InChI=1S/C14H26N2O/c1-2-3-10-15-12-14(17)16-11-9-13-7-5-4-6-8-13/h7,15H,2-6,8-12H2,1H3,(H,16,17). The summed E-state index contributed by atoms with van der Waals surface area (Å²) < 4.78 is 0. The number of hydrogen-bond donors (Lipinski definition) is 2. The van der Waals surface area contributed by atoms with E-state index in [1.165, 1.54) is 37.7 Å². The van der Waals surface area contributed by atoms with Crippen molar-refractivity contribution in [3.63, 3.8) is 0 Å². The monoisotopic (exact) mass is 238 g/mol. The van der Waals surface area contributed by atoms with E-state index in [1.54, 1.807) is 0 Å². The first-order chi connectivity index (χ1) is 8.33. The number of rotatable bonds is 8. The lowest BCUT2D eigenvalue weighted by atomic mass is 9.97. The summed E-state index contributed by atoms with van der Waals surface area (Å²) in [7, 11) is 0. The van der Waals surface area contributed by atoms with Gasteiger partial charge in [0.2, 0.25) is 5.91 Å². The fraction of sp³-hybridized carbons (Fsp3) is 0.786. The molecule has 1 rings (SSSR count). The van der Waals surface area contributed by atoms with E-state index in [-0.39, 0.29) is 5.91 Å². The lowest BCUT2D eigenvalue weighted by Gasteiger charge is -2.13. The van der Waals surface area contributed by atoms with Gasteiger partial charge in [-0.15, -0.1) is 0 Å². The Kier molecular flexibility index (Phi) is 7.72. The molecular formula is C14H26N2O. The number of carbonyl (C=O) groups excluding carboxylic acids is 1. The zero-order valence-corrected chi connectivity index (χ0v) is 11.1. The van der Waals surface area contributed by atoms with Crippen LogP contribution in [0.25, 0.3) is 0 Å². The van der Waals surface area contributed by atoms with Gasteiger partial charge in [-0.3, -0.25) is 4.79 Å². The van der Waals surface area contributed by atoms with Crippen molar-refractivity contribution >= 4 is 5.91 Å². The highest BCUT2D eigenvalue weighted by Gasteiger charge is 2.04. The van der Waals surface area contributed by atoms with E-state index in [9.17, 15) is 4.79 Å². The summed E-state index contributed by atoms with van der Waals surface area (Å²) in [5.41, 5.74) is 1.52. The van der Waals surface area contributed by atoms with Crippen molar-refractivity contribution in [3.8, 4) is 0 Å². The molecule has 0 saturated carbocycles. The van der Waals surface area contributed by atoms with E-state index >= 15 is 0 Å². The van der Waals surface area contributed by atoms with Gasteiger partial charge in [-0.05, 0) is 45.1 Å². The molecule has 0 spiro atoms. The number of carbonyl (C=O) groups is 1. The second-order valence-electron chi connectivity index (χ2n) is 4.74. The predicted octanol–water partition coefficient (Wildman–Crippen LogP) is 2.38. The Bertz CT molecular complexity index is 249. The molecule has 98 valence electrons. The van der Waals surface area contributed by atoms with Crippen molar-refractivity contribution in [1.82, 2.24) is 10.6 Å². The van der Waals surface area contributed by atoms with Crippen LogP contribution in [0, 0.1) is 0 Å². The van der Waals surface area contributed by atoms with Crippen LogP contribution in [0.4, 0.5) is 0 Å². The minimum atomic E-state index is 0.123. The van der Waals surface area contributed by atoms with Gasteiger partial charge in [-0.1, -0.05) is 25.0 Å². The topological polar surface area (TPSA) is 41.1 Å². The van der Waals surface area contributed by atoms with E-state index in [2.05, 4.69) is 23.6 Å². The van der Waals surface area contributed by atoms with E-state index < -0.39 is 0 Å². The maximum Gasteiger partial charge on any atom is 0.233 e. The van der Waals surface area contributed by atoms with Crippen LogP contribution in [-0.2, 0) is 4.79 Å². The Labute approximate surface area is 105 Å². The largest absolute Gasteiger partial charge is 0.355 e. The molecule has 0 unspecified atom stereocenters. The van der Waals surface area contributed by atoms with Crippen LogP contribution in [0.3, 0.4) is 0 Å². The molecule has 0 heterocycles. The van der Waals surface area contributed by atoms with Gasteiger partial charge in [-0.2, -0.15) is 0 Å². The average Bonchev–Trinajstić information content (AvgIpc) is 2.36. The average molecular weight is 238 g/mol. The molecular weight excluding hydrogens is 212 g/mol. The van der Waals surface area contributed by atoms with Gasteiger partial charge in [0.15, 0.2) is 0 Å². The van der Waals surface area contributed by atoms with Crippen LogP contribution in [0.2, 0.25) is 0 Å². The molecule has 1 amide bonds. The molecule has 1 aliphatic carbocycles. The molecule has 1 aliphatic rings. The molecule has 0 aliphatic heterocycles. The predicted molar refractivity (Wildman–Crippen MR) is 72.0 cm³/mol. The maximum atomic E-state index is 11.5. The van der Waals surface area contributed by atoms with Crippen molar-refractivity contribution in [3.05, 3.63) is 11.6 Å². The summed E-state index contributed by atoms with van der Waals surface area (Å²) in [6.45, 7) is 4.34. The summed E-state index contributed by atoms with van der Waals surface area (Å²) in [6.07, 6.45) is 10.8. The van der Waals surface area contributed by atoms with E-state index in [4.69, 9.17) is 0 Å². The van der Waals surface area contributed by atoms with E-state index in [0.717, 1.165) is 25.9 Å². The zero-order valence-electron chi connectivity index (χ0n) is 11.1. The van der Waals surface area contributed by atoms with Crippen molar-refractivity contribution in [1.29, 1.82) is 0 Å². The van der Waals surface area contributed by atoms with Crippen LogP contribution in [0.1, 0.15) is 51.9 Å². The summed E-state index contributed by atoms with van der Waals surface area (Å²) in [5.74, 6) is 0.123. The highest BCUT2D eigenvalue weighted by molar-refractivity contribution is 5.77. The number of allylic oxidation sites excluding steroid dienone is 1. The van der Waals surface area contributed by atoms with Gasteiger partial charge >= 0.3 is 0 Å². The molecule has 0 atom stereocenters. The zero-order chi connectivity index (χ0) is 12.3. The second-order valence-corrected chi connectivity index (χ2v) is 4.74. The summed E-state index contributed by atoms with van der Waals surface area (Å²) >= 11 is 0. The van der Waals surface area contributed by atoms with Crippen molar-refractivity contribution in [2.75, 3.05) is 19.6 Å². The smallest absolute Gasteiger partial charge is 0.233 e. The molecule has 0 aromatic heterocycles. The molecule has 0 fully saturated rings. The lowest BCUT2D eigenvalue weighted by molar-refractivity contribution is -0.120. The second kappa shape index (κ2) is 9.23. The third kappa shape index (κ3) is 7.16. The normalized spacial score (nSPS) is 15.5. The summed E-state index contributed by atoms with van der Waals surface area (Å²) in [6, 6.07) is 0. The van der Waals surface area contributed by atoms with Crippen LogP contribution >= 0.6 is 0 Å². The first kappa shape index (κ1) is 14.2. The number of amides is 1. The molecule has 0 radical (unpaired) electrons. The Morgan fingerprint density at radius 2 is 2.24 bits per heavy atom. The molecule has 3 nitrogen and oxygen atoms in total. The molecule has 0 aromatic carbocycles. The summed E-state index contributed by atoms with van der Waals surface area (Å²) in [5, 5.41) is 6.11. The van der Waals surface area contributed by atoms with Crippen LogP contribution in [0.15, 0.2) is 11.6 Å². The molecule has 3 heteroatoms. The van der Waals surface area contributed by atoms with Crippen molar-refractivity contribution in [2.24, 2.45) is 0 Å². The minimum Gasteiger partial charge on any atom is -0.355 e. The third-order valence-electron chi connectivity index (χ3n) is 3.15. The lowest BCUT2D eigenvalue weighted by Crippen LogP contribution is -2.34. The molecule has 0 aromatic rings. The van der Waals surface area contributed by atoms with Crippen molar-refractivity contribution < 1.29 is 4.79 Å². The molecule has 17 heavy (non-hydrogen) atoms. The highest BCUT2D eigenvalue weighted by atomic mass is 16.1. The highest BCUT2D eigenvalue weighted by Crippen LogP contribution is 2.19. The maximum absolute atomic E-state index is 11.5. The summed E-state index contributed by atoms with van der Waals surface area (Å²) in [4.78, 5) is 11.5. The van der Waals surface area contributed by atoms with Crippen molar-refractivity contribution in [2.45, 2.75) is 51.9 Å². The molecule has 2 N–H and O–H groups in total. The van der Waals surface area contributed by atoms with Crippen LogP contribution in [-0.4, -0.2) is 25.5 Å². The Hall–Kier alpha value is -0.830. The Morgan fingerprint density at radius 1 is 1.35 bits per heavy atom. The number of hydrogen-bond acceptors (Lipinski definition) is 2. The first-order valence-corrected chi connectivity index (χ1v) is 6.98. The van der Waals surface area contributed by atoms with Gasteiger partial charge in [0.05, 0.1) is 6.54 Å². The minimum absolute atomic E-state index is 0.123. The fourth-order valence-corrected chi connectivity index (χ4v) is 2.06.